The van der Waals surface area contributed by atoms with E-state index in [0.29, 0.717) is 26.4 Å². The third kappa shape index (κ3) is 4.01. The van der Waals surface area contributed by atoms with Gasteiger partial charge in [0.15, 0.2) is 0 Å². The van der Waals surface area contributed by atoms with Gasteiger partial charge in [-0.3, -0.25) is 4.79 Å². The lowest BCUT2D eigenvalue weighted by atomic mass is 9.74. The highest BCUT2D eigenvalue weighted by Crippen LogP contribution is 2.54. The number of anilines is 1. The second-order valence-corrected chi connectivity index (χ2v) is 9.41. The zero-order valence-corrected chi connectivity index (χ0v) is 20.2. The number of hydrogen-bond donors (Lipinski definition) is 0. The van der Waals surface area contributed by atoms with Crippen molar-refractivity contribution in [3.8, 4) is 0 Å². The number of rotatable bonds is 10. The highest BCUT2D eigenvalue weighted by molar-refractivity contribution is 5.91. The molecule has 2 unspecified atom stereocenters. The van der Waals surface area contributed by atoms with Gasteiger partial charge in [-0.05, 0) is 55.0 Å². The van der Waals surface area contributed by atoms with Gasteiger partial charge in [-0.1, -0.05) is 38.8 Å². The predicted molar refractivity (Wildman–Crippen MR) is 129 cm³/mol. The van der Waals surface area contributed by atoms with Crippen LogP contribution >= 0.6 is 0 Å². The Labute approximate surface area is 193 Å². The summed E-state index contributed by atoms with van der Waals surface area (Å²) in [4.78, 5) is 17.4. The molecule has 3 aliphatic heterocycles. The van der Waals surface area contributed by atoms with E-state index in [1.165, 1.54) is 28.1 Å². The van der Waals surface area contributed by atoms with Crippen molar-refractivity contribution < 1.29 is 14.3 Å². The Kier molecular flexibility index (Phi) is 7.06. The molecule has 1 aromatic rings. The fraction of sp³-hybridized carbons (Fsp3) is 0.593. The molecule has 5 heteroatoms. The lowest BCUT2D eigenvalue weighted by Crippen LogP contribution is -2.50. The summed E-state index contributed by atoms with van der Waals surface area (Å²) in [5, 5.41) is 0. The first-order valence-electron chi connectivity index (χ1n) is 12.3. The third-order valence-corrected chi connectivity index (χ3v) is 7.26. The Morgan fingerprint density at radius 1 is 1.12 bits per heavy atom. The van der Waals surface area contributed by atoms with Gasteiger partial charge in [-0.25, -0.2) is 0 Å². The minimum absolute atomic E-state index is 0.0206. The van der Waals surface area contributed by atoms with Crippen LogP contribution in [0.5, 0.6) is 0 Å². The number of fused-ring (bicyclic) bond motifs is 4. The van der Waals surface area contributed by atoms with Crippen molar-refractivity contribution in [2.24, 2.45) is 0 Å². The minimum atomic E-state index is -0.0206. The fourth-order valence-corrected chi connectivity index (χ4v) is 5.87. The number of methoxy groups -OCH3 is 1. The van der Waals surface area contributed by atoms with Crippen molar-refractivity contribution in [1.29, 1.82) is 0 Å². The van der Waals surface area contributed by atoms with Gasteiger partial charge >= 0.3 is 0 Å². The molecule has 3 aliphatic rings. The van der Waals surface area contributed by atoms with E-state index < -0.39 is 0 Å². The van der Waals surface area contributed by atoms with E-state index in [4.69, 9.17) is 9.47 Å². The molecule has 0 fully saturated rings. The summed E-state index contributed by atoms with van der Waals surface area (Å²) in [6.45, 7) is 10.2. The maximum absolute atomic E-state index is 12.8. The average Bonchev–Trinajstić information content (AvgIpc) is 3.03. The van der Waals surface area contributed by atoms with Crippen LogP contribution in [0.15, 0.2) is 41.6 Å². The van der Waals surface area contributed by atoms with Crippen LogP contribution in [0.1, 0.15) is 57.6 Å². The minimum Gasteiger partial charge on any atom is -0.382 e. The summed E-state index contributed by atoms with van der Waals surface area (Å²) in [5.74, 6) is 0.0982. The molecule has 4 rings (SSSR count). The SMILES string of the molecule is CCCc1ccc2c(c1)C(C)(CCC)C1=C3C=CC(=O)N(CCOCCOC)C3CCN12. The molecule has 0 saturated carbocycles. The zero-order valence-electron chi connectivity index (χ0n) is 20.2. The van der Waals surface area contributed by atoms with Crippen molar-refractivity contribution in [2.45, 2.75) is 64.3 Å². The topological polar surface area (TPSA) is 42.0 Å². The van der Waals surface area contributed by atoms with E-state index in [0.717, 1.165) is 38.6 Å². The largest absolute Gasteiger partial charge is 0.382 e. The Morgan fingerprint density at radius 2 is 1.97 bits per heavy atom. The highest BCUT2D eigenvalue weighted by Gasteiger charge is 2.48. The maximum Gasteiger partial charge on any atom is 0.247 e. The zero-order chi connectivity index (χ0) is 22.7. The number of nitrogens with zero attached hydrogens (tertiary/aromatic N) is 2. The molecule has 32 heavy (non-hydrogen) atoms. The van der Waals surface area contributed by atoms with Crippen LogP contribution in [0.25, 0.3) is 0 Å². The van der Waals surface area contributed by atoms with Crippen LogP contribution in [-0.2, 0) is 26.1 Å². The van der Waals surface area contributed by atoms with Crippen LogP contribution < -0.4 is 4.90 Å². The van der Waals surface area contributed by atoms with Gasteiger partial charge in [0.25, 0.3) is 0 Å². The van der Waals surface area contributed by atoms with E-state index in [9.17, 15) is 4.79 Å². The molecule has 0 aromatic heterocycles. The number of carbonyl (C=O) groups is 1. The molecule has 0 N–H and O–H groups in total. The molecule has 0 aliphatic carbocycles. The molecular formula is C27H38N2O3. The first-order chi connectivity index (χ1) is 15.5. The number of ether oxygens (including phenoxy) is 2. The molecule has 3 heterocycles. The summed E-state index contributed by atoms with van der Waals surface area (Å²) >= 11 is 0. The Morgan fingerprint density at radius 3 is 2.72 bits per heavy atom. The van der Waals surface area contributed by atoms with E-state index in [1.54, 1.807) is 13.2 Å². The molecule has 1 amide bonds. The van der Waals surface area contributed by atoms with Crippen molar-refractivity contribution in [2.75, 3.05) is 44.9 Å². The molecular weight excluding hydrogens is 400 g/mol. The van der Waals surface area contributed by atoms with Gasteiger partial charge in [0.2, 0.25) is 5.91 Å². The molecule has 2 atom stereocenters. The monoisotopic (exact) mass is 438 g/mol. The van der Waals surface area contributed by atoms with E-state index in [1.807, 2.05) is 4.90 Å². The van der Waals surface area contributed by atoms with Crippen LogP contribution in [0.4, 0.5) is 5.69 Å². The van der Waals surface area contributed by atoms with Crippen molar-refractivity contribution in [3.05, 3.63) is 52.7 Å². The molecule has 174 valence electrons. The van der Waals surface area contributed by atoms with Gasteiger partial charge in [0.05, 0.1) is 25.9 Å². The Bertz CT molecular complexity index is 906. The van der Waals surface area contributed by atoms with E-state index in [-0.39, 0.29) is 17.4 Å². The summed E-state index contributed by atoms with van der Waals surface area (Å²) in [6, 6.07) is 7.22. The Balaban J connectivity index is 1.70. The number of aryl methyl sites for hydroxylation is 1. The summed E-state index contributed by atoms with van der Waals surface area (Å²) in [5.41, 5.74) is 6.97. The molecule has 1 aromatic carbocycles. The van der Waals surface area contributed by atoms with Gasteiger partial charge in [0.1, 0.15) is 0 Å². The average molecular weight is 439 g/mol. The van der Waals surface area contributed by atoms with Crippen LogP contribution in [-0.4, -0.2) is 56.9 Å². The predicted octanol–water partition coefficient (Wildman–Crippen LogP) is 4.60. The molecule has 5 nitrogen and oxygen atoms in total. The van der Waals surface area contributed by atoms with Crippen molar-refractivity contribution >= 4 is 11.6 Å². The molecule has 0 spiro atoms. The summed E-state index contributed by atoms with van der Waals surface area (Å²) < 4.78 is 10.7. The number of allylic oxidation sites excluding steroid dienone is 1. The summed E-state index contributed by atoms with van der Waals surface area (Å²) in [7, 11) is 1.67. The number of benzene rings is 1. The third-order valence-electron chi connectivity index (χ3n) is 7.26. The number of carbonyl (C=O) groups excluding carboxylic acids is 1. The highest BCUT2D eigenvalue weighted by atomic mass is 16.5. The summed E-state index contributed by atoms with van der Waals surface area (Å²) in [6.07, 6.45) is 9.33. The number of amides is 1. The quantitative estimate of drug-likeness (QED) is 0.501. The van der Waals surface area contributed by atoms with Gasteiger partial charge in [-0.2, -0.15) is 0 Å². The van der Waals surface area contributed by atoms with Gasteiger partial charge in [0, 0.05) is 43.1 Å². The fourth-order valence-electron chi connectivity index (χ4n) is 5.87. The smallest absolute Gasteiger partial charge is 0.247 e. The lowest BCUT2D eigenvalue weighted by molar-refractivity contribution is -0.129. The molecule has 0 saturated heterocycles. The second-order valence-electron chi connectivity index (χ2n) is 9.41. The first-order valence-corrected chi connectivity index (χ1v) is 12.3. The van der Waals surface area contributed by atoms with Gasteiger partial charge in [-0.15, -0.1) is 0 Å². The first kappa shape index (κ1) is 23.1. The van der Waals surface area contributed by atoms with Crippen molar-refractivity contribution in [1.82, 2.24) is 4.90 Å². The standard InChI is InChI=1S/C27H38N2O3/c1-5-7-20-8-10-24-22(19-20)27(3,13-6-2)26-21-9-11-25(30)28(15-16-32-18-17-31-4)23(21)12-14-29(24)26/h8-11,19,23H,5-7,12-18H2,1-4H3. The lowest BCUT2D eigenvalue weighted by Gasteiger charge is -2.44. The van der Waals surface area contributed by atoms with E-state index >= 15 is 0 Å². The van der Waals surface area contributed by atoms with E-state index in [2.05, 4.69) is 49.9 Å². The second kappa shape index (κ2) is 9.80. The molecule has 0 radical (unpaired) electrons. The van der Waals surface area contributed by atoms with Crippen LogP contribution in [0.3, 0.4) is 0 Å². The van der Waals surface area contributed by atoms with Crippen molar-refractivity contribution in [3.63, 3.8) is 0 Å². The van der Waals surface area contributed by atoms with Crippen LogP contribution in [0, 0.1) is 0 Å². The number of hydrogen-bond acceptors (Lipinski definition) is 4. The molecule has 0 bridgehead atoms. The van der Waals surface area contributed by atoms with Gasteiger partial charge < -0.3 is 19.3 Å². The maximum atomic E-state index is 12.8. The Hall–Kier alpha value is -2.11. The van der Waals surface area contributed by atoms with Crippen LogP contribution in [0.2, 0.25) is 0 Å². The normalized spacial score (nSPS) is 24.1.